The first-order chi connectivity index (χ1) is 7.18. The van der Waals surface area contributed by atoms with Gasteiger partial charge in [0.1, 0.15) is 0 Å². The Bertz CT molecular complexity index is 445. The molecule has 2 rings (SSSR count). The lowest BCUT2D eigenvalue weighted by Crippen LogP contribution is -1.89. The first kappa shape index (κ1) is 10.3. The maximum absolute atomic E-state index is 9.39. The van der Waals surface area contributed by atoms with Gasteiger partial charge in [0.25, 0.3) is 0 Å². The maximum atomic E-state index is 9.39. The molecule has 0 aliphatic rings. The van der Waals surface area contributed by atoms with Crippen molar-refractivity contribution in [3.63, 3.8) is 0 Å². The van der Waals surface area contributed by atoms with Crippen molar-refractivity contribution in [3.05, 3.63) is 41.0 Å². The van der Waals surface area contributed by atoms with Crippen LogP contribution in [0.25, 0.3) is 10.4 Å². The van der Waals surface area contributed by atoms with E-state index in [1.165, 1.54) is 10.4 Å². The molecule has 0 aliphatic heterocycles. The molecule has 0 spiro atoms. The maximum Gasteiger partial charge on any atom is 0.0801 e. The largest absolute Gasteiger partial charge is 0.389 e. The van der Waals surface area contributed by atoms with Crippen molar-refractivity contribution in [2.24, 2.45) is 0 Å². The number of nitrogens with zero attached hydrogens (tertiary/aromatic N) is 1. The number of hydrogen-bond donors (Lipinski definition) is 1. The lowest BCUT2D eigenvalue weighted by Gasteiger charge is -2.05. The molecular formula is C12H13NOS. The molecule has 1 heterocycles. The van der Waals surface area contributed by atoms with Crippen LogP contribution in [0.2, 0.25) is 0 Å². The standard InChI is InChI=1S/C12H13NOS/c1-8-12(15-7-13-8)11-5-3-10(4-6-11)9(2)14/h3-7,9,14H,1-2H3. The highest BCUT2D eigenvalue weighted by Crippen LogP contribution is 2.27. The Kier molecular flexibility index (Phi) is 2.84. The summed E-state index contributed by atoms with van der Waals surface area (Å²) in [4.78, 5) is 5.42. The molecule has 0 saturated carbocycles. The molecular weight excluding hydrogens is 206 g/mol. The summed E-state index contributed by atoms with van der Waals surface area (Å²) in [6.07, 6.45) is -0.401. The van der Waals surface area contributed by atoms with E-state index in [0.717, 1.165) is 11.3 Å². The van der Waals surface area contributed by atoms with Gasteiger partial charge in [-0.05, 0) is 25.0 Å². The van der Waals surface area contributed by atoms with E-state index in [-0.39, 0.29) is 0 Å². The van der Waals surface area contributed by atoms with Crippen LogP contribution < -0.4 is 0 Å². The lowest BCUT2D eigenvalue weighted by atomic mass is 10.1. The summed E-state index contributed by atoms with van der Waals surface area (Å²) in [6.45, 7) is 3.78. The van der Waals surface area contributed by atoms with Crippen LogP contribution >= 0.6 is 11.3 Å². The van der Waals surface area contributed by atoms with E-state index in [0.29, 0.717) is 0 Å². The molecule has 1 aromatic carbocycles. The zero-order valence-corrected chi connectivity index (χ0v) is 9.58. The number of aliphatic hydroxyl groups excluding tert-OH is 1. The van der Waals surface area contributed by atoms with Crippen LogP contribution in [-0.4, -0.2) is 10.1 Å². The third-order valence-electron chi connectivity index (χ3n) is 2.40. The first-order valence-corrected chi connectivity index (χ1v) is 5.75. The van der Waals surface area contributed by atoms with Crippen molar-refractivity contribution in [1.29, 1.82) is 0 Å². The molecule has 2 nitrogen and oxygen atoms in total. The van der Waals surface area contributed by atoms with Gasteiger partial charge in [0.05, 0.1) is 22.2 Å². The molecule has 3 heteroatoms. The number of aromatic nitrogens is 1. The number of thiazole rings is 1. The molecule has 0 saturated heterocycles. The monoisotopic (exact) mass is 219 g/mol. The Morgan fingerprint density at radius 3 is 2.40 bits per heavy atom. The molecule has 2 aromatic rings. The van der Waals surface area contributed by atoms with Crippen molar-refractivity contribution < 1.29 is 5.11 Å². The van der Waals surface area contributed by atoms with Crippen LogP contribution in [0.3, 0.4) is 0 Å². The molecule has 0 fully saturated rings. The molecule has 0 amide bonds. The number of rotatable bonds is 2. The second-order valence-electron chi connectivity index (χ2n) is 3.56. The lowest BCUT2D eigenvalue weighted by molar-refractivity contribution is 0.199. The van der Waals surface area contributed by atoms with E-state index in [9.17, 15) is 5.11 Å². The normalized spacial score (nSPS) is 12.7. The molecule has 0 bridgehead atoms. The molecule has 0 aliphatic carbocycles. The fourth-order valence-corrected chi connectivity index (χ4v) is 2.30. The number of aryl methyl sites for hydroxylation is 1. The SMILES string of the molecule is Cc1ncsc1-c1ccc(C(C)O)cc1. The average Bonchev–Trinajstić information content (AvgIpc) is 2.65. The molecule has 1 unspecified atom stereocenters. The van der Waals surface area contributed by atoms with E-state index >= 15 is 0 Å². The Balaban J connectivity index is 2.36. The third kappa shape index (κ3) is 2.08. The van der Waals surface area contributed by atoms with Crippen LogP contribution in [0.1, 0.15) is 24.3 Å². The van der Waals surface area contributed by atoms with Gasteiger partial charge in [0.15, 0.2) is 0 Å². The van der Waals surface area contributed by atoms with Crippen LogP contribution in [0.5, 0.6) is 0 Å². The van der Waals surface area contributed by atoms with Gasteiger partial charge >= 0.3 is 0 Å². The van der Waals surface area contributed by atoms with Gasteiger partial charge in [-0.2, -0.15) is 0 Å². The van der Waals surface area contributed by atoms with Crippen molar-refractivity contribution in [2.45, 2.75) is 20.0 Å². The van der Waals surface area contributed by atoms with Gasteiger partial charge in [-0.15, -0.1) is 11.3 Å². The number of aliphatic hydroxyl groups is 1. The van der Waals surface area contributed by atoms with E-state index in [1.807, 2.05) is 36.7 Å². The number of benzene rings is 1. The van der Waals surface area contributed by atoms with Gasteiger partial charge < -0.3 is 5.11 Å². The summed E-state index contributed by atoms with van der Waals surface area (Å²) < 4.78 is 0. The zero-order valence-electron chi connectivity index (χ0n) is 8.77. The van der Waals surface area contributed by atoms with Crippen LogP contribution in [0, 0.1) is 6.92 Å². The van der Waals surface area contributed by atoms with Crippen molar-refractivity contribution in [1.82, 2.24) is 4.98 Å². The highest BCUT2D eigenvalue weighted by molar-refractivity contribution is 7.13. The van der Waals surface area contributed by atoms with Crippen molar-refractivity contribution >= 4 is 11.3 Å². The summed E-state index contributed by atoms with van der Waals surface area (Å²) in [6, 6.07) is 7.98. The molecule has 15 heavy (non-hydrogen) atoms. The second-order valence-corrected chi connectivity index (χ2v) is 4.42. The fraction of sp³-hybridized carbons (Fsp3) is 0.250. The Morgan fingerprint density at radius 2 is 1.93 bits per heavy atom. The Hall–Kier alpha value is -1.19. The third-order valence-corrected chi connectivity index (χ3v) is 3.38. The number of hydrogen-bond acceptors (Lipinski definition) is 3. The van der Waals surface area contributed by atoms with Crippen LogP contribution in [0.15, 0.2) is 29.8 Å². The minimum atomic E-state index is -0.401. The van der Waals surface area contributed by atoms with Crippen molar-refractivity contribution in [3.8, 4) is 10.4 Å². The predicted molar refractivity (Wildman–Crippen MR) is 62.9 cm³/mol. The quantitative estimate of drug-likeness (QED) is 0.841. The summed E-state index contributed by atoms with van der Waals surface area (Å²) >= 11 is 1.64. The summed E-state index contributed by atoms with van der Waals surface area (Å²) in [5.41, 5.74) is 5.03. The topological polar surface area (TPSA) is 33.1 Å². The van der Waals surface area contributed by atoms with Crippen LogP contribution in [0.4, 0.5) is 0 Å². The van der Waals surface area contributed by atoms with Gasteiger partial charge in [-0.1, -0.05) is 24.3 Å². The smallest absolute Gasteiger partial charge is 0.0801 e. The van der Waals surface area contributed by atoms with E-state index in [4.69, 9.17) is 0 Å². The average molecular weight is 219 g/mol. The fourth-order valence-electron chi connectivity index (χ4n) is 1.49. The van der Waals surface area contributed by atoms with Crippen molar-refractivity contribution in [2.75, 3.05) is 0 Å². The molecule has 1 N–H and O–H groups in total. The first-order valence-electron chi connectivity index (χ1n) is 4.87. The van der Waals surface area contributed by atoms with E-state index in [2.05, 4.69) is 4.98 Å². The van der Waals surface area contributed by atoms with Gasteiger partial charge in [-0.25, -0.2) is 4.98 Å². The molecule has 78 valence electrons. The van der Waals surface area contributed by atoms with Crippen LogP contribution in [-0.2, 0) is 0 Å². The second kappa shape index (κ2) is 4.13. The predicted octanol–water partition coefficient (Wildman–Crippen LogP) is 3.17. The highest BCUT2D eigenvalue weighted by Gasteiger charge is 2.05. The summed E-state index contributed by atoms with van der Waals surface area (Å²) in [7, 11) is 0. The minimum Gasteiger partial charge on any atom is -0.389 e. The zero-order chi connectivity index (χ0) is 10.8. The molecule has 0 radical (unpaired) electrons. The summed E-state index contributed by atoms with van der Waals surface area (Å²) in [5.74, 6) is 0. The van der Waals surface area contributed by atoms with Gasteiger partial charge in [0.2, 0.25) is 0 Å². The Labute approximate surface area is 93.2 Å². The van der Waals surface area contributed by atoms with E-state index in [1.54, 1.807) is 18.3 Å². The van der Waals surface area contributed by atoms with E-state index < -0.39 is 6.10 Å². The Morgan fingerprint density at radius 1 is 1.27 bits per heavy atom. The summed E-state index contributed by atoms with van der Waals surface area (Å²) in [5, 5.41) is 9.39. The highest BCUT2D eigenvalue weighted by atomic mass is 32.1. The molecule has 1 atom stereocenters. The van der Waals surface area contributed by atoms with Gasteiger partial charge in [0, 0.05) is 0 Å². The molecule has 1 aromatic heterocycles. The minimum absolute atomic E-state index is 0.401. The van der Waals surface area contributed by atoms with Gasteiger partial charge in [-0.3, -0.25) is 0 Å².